The smallest absolute Gasteiger partial charge is 0.258 e. The fraction of sp³-hybridized carbons (Fsp3) is 0.909. The van der Waals surface area contributed by atoms with Gasteiger partial charge in [-0.25, -0.2) is 12.7 Å². The van der Waals surface area contributed by atoms with E-state index < -0.39 is 14.8 Å². The number of ether oxygens (including phenoxy) is 1. The topological polar surface area (TPSA) is 75.7 Å². The summed E-state index contributed by atoms with van der Waals surface area (Å²) in [5.74, 6) is -0.321. The van der Waals surface area contributed by atoms with Crippen LogP contribution in [0.15, 0.2) is 0 Å². The second-order valence-electron chi connectivity index (χ2n) is 4.69. The van der Waals surface area contributed by atoms with E-state index in [0.29, 0.717) is 19.8 Å². The maximum atomic E-state index is 11.7. The zero-order valence-electron chi connectivity index (χ0n) is 11.2. The van der Waals surface area contributed by atoms with Gasteiger partial charge in [0.15, 0.2) is 4.75 Å². The van der Waals surface area contributed by atoms with Crippen LogP contribution >= 0.6 is 0 Å². The van der Waals surface area contributed by atoms with E-state index in [4.69, 9.17) is 4.74 Å². The molecule has 0 saturated carbocycles. The van der Waals surface area contributed by atoms with Crippen molar-refractivity contribution in [1.82, 2.24) is 9.62 Å². The van der Waals surface area contributed by atoms with Crippen LogP contribution in [-0.4, -0.2) is 56.2 Å². The number of sulfonamides is 1. The average Bonchev–Trinajstić information content (AvgIpc) is 2.31. The van der Waals surface area contributed by atoms with E-state index in [-0.39, 0.29) is 12.5 Å². The number of nitrogens with zero attached hydrogens (tertiary/aromatic N) is 1. The van der Waals surface area contributed by atoms with Gasteiger partial charge >= 0.3 is 0 Å². The van der Waals surface area contributed by atoms with Crippen molar-refractivity contribution in [3.8, 4) is 0 Å². The molecule has 1 fully saturated rings. The summed E-state index contributed by atoms with van der Waals surface area (Å²) in [6.07, 6.45) is 0.875. The molecule has 0 radical (unpaired) electrons. The lowest BCUT2D eigenvalue weighted by atomic mass is 10.2. The minimum absolute atomic E-state index is 0.208. The fourth-order valence-electron chi connectivity index (χ4n) is 1.73. The molecule has 7 heteroatoms. The predicted molar refractivity (Wildman–Crippen MR) is 68.7 cm³/mol. The monoisotopic (exact) mass is 278 g/mol. The third-order valence-electron chi connectivity index (χ3n) is 3.01. The Kier molecular flexibility index (Phi) is 5.12. The van der Waals surface area contributed by atoms with E-state index in [1.807, 2.05) is 6.92 Å². The van der Waals surface area contributed by atoms with Crippen LogP contribution in [0.1, 0.15) is 27.2 Å². The molecular weight excluding hydrogens is 256 g/mol. The number of hydrogen-bond acceptors (Lipinski definition) is 5. The zero-order valence-corrected chi connectivity index (χ0v) is 12.0. The molecule has 1 rings (SSSR count). The Morgan fingerprint density at radius 3 is 2.56 bits per heavy atom. The third kappa shape index (κ3) is 2.84. The zero-order chi connectivity index (χ0) is 13.8. The van der Waals surface area contributed by atoms with Crippen molar-refractivity contribution in [2.45, 2.75) is 31.9 Å². The molecule has 0 aromatic rings. The third-order valence-corrected chi connectivity index (χ3v) is 5.41. The quantitative estimate of drug-likeness (QED) is 0.630. The first-order chi connectivity index (χ1) is 8.35. The summed E-state index contributed by atoms with van der Waals surface area (Å²) in [5.41, 5.74) is 0. The minimum atomic E-state index is -3.43. The molecule has 18 heavy (non-hydrogen) atoms. The van der Waals surface area contributed by atoms with Gasteiger partial charge in [0.1, 0.15) is 0 Å². The number of carbonyl (C=O) groups is 1. The minimum Gasteiger partial charge on any atom is -0.382 e. The van der Waals surface area contributed by atoms with Gasteiger partial charge in [0, 0.05) is 26.3 Å². The van der Waals surface area contributed by atoms with Gasteiger partial charge in [0.2, 0.25) is 0 Å². The van der Waals surface area contributed by atoms with Gasteiger partial charge < -0.3 is 10.1 Å². The summed E-state index contributed by atoms with van der Waals surface area (Å²) in [5, 5.41) is 3.09. The highest BCUT2D eigenvalue weighted by Crippen LogP contribution is 2.34. The molecule has 1 saturated heterocycles. The first-order valence-electron chi connectivity index (χ1n) is 6.21. The molecule has 0 aliphatic carbocycles. The summed E-state index contributed by atoms with van der Waals surface area (Å²) in [4.78, 5) is 11.6. The second-order valence-corrected chi connectivity index (χ2v) is 7.10. The highest BCUT2D eigenvalue weighted by molar-refractivity contribution is 7.94. The summed E-state index contributed by atoms with van der Waals surface area (Å²) in [6, 6.07) is 0. The number of nitrogens with one attached hydrogen (secondary N) is 1. The summed E-state index contributed by atoms with van der Waals surface area (Å²) < 4.78 is 28.4. The van der Waals surface area contributed by atoms with E-state index in [1.54, 1.807) is 0 Å². The first-order valence-corrected chi connectivity index (χ1v) is 7.65. The molecule has 1 amide bonds. The maximum absolute atomic E-state index is 11.7. The Morgan fingerprint density at radius 2 is 2.00 bits per heavy atom. The van der Waals surface area contributed by atoms with Crippen molar-refractivity contribution in [2.75, 3.05) is 32.8 Å². The van der Waals surface area contributed by atoms with E-state index in [1.165, 1.54) is 13.8 Å². The standard InChI is InChI=1S/C11H22N2O4S/c1-4-17-9-5-6-12-7-8-13-10(14)11(2,3)18(13,15)16/h12H,4-9H2,1-3H3. The highest BCUT2D eigenvalue weighted by atomic mass is 32.2. The van der Waals surface area contributed by atoms with Gasteiger partial charge in [-0.05, 0) is 33.7 Å². The lowest BCUT2D eigenvalue weighted by molar-refractivity contribution is -0.132. The van der Waals surface area contributed by atoms with Gasteiger partial charge in [0.25, 0.3) is 15.9 Å². The van der Waals surface area contributed by atoms with Crippen LogP contribution in [0.3, 0.4) is 0 Å². The van der Waals surface area contributed by atoms with Crippen LogP contribution < -0.4 is 5.32 Å². The molecule has 1 heterocycles. The summed E-state index contributed by atoms with van der Waals surface area (Å²) in [6.45, 7) is 7.66. The van der Waals surface area contributed by atoms with Gasteiger partial charge in [-0.2, -0.15) is 0 Å². The van der Waals surface area contributed by atoms with Crippen LogP contribution in [0.4, 0.5) is 0 Å². The molecule has 1 aliphatic heterocycles. The lowest BCUT2D eigenvalue weighted by Gasteiger charge is -2.43. The van der Waals surface area contributed by atoms with Crippen molar-refractivity contribution in [1.29, 1.82) is 0 Å². The van der Waals surface area contributed by atoms with E-state index in [2.05, 4.69) is 5.32 Å². The van der Waals surface area contributed by atoms with Gasteiger partial charge in [-0.1, -0.05) is 0 Å². The lowest BCUT2D eigenvalue weighted by Crippen LogP contribution is -2.68. The molecule has 0 unspecified atom stereocenters. The number of amides is 1. The van der Waals surface area contributed by atoms with Crippen molar-refractivity contribution in [2.24, 2.45) is 0 Å². The number of carbonyl (C=O) groups excluding carboxylic acids is 1. The van der Waals surface area contributed by atoms with Gasteiger partial charge in [-0.3, -0.25) is 4.79 Å². The second kappa shape index (κ2) is 5.99. The molecule has 1 aliphatic rings. The Hall–Kier alpha value is -0.660. The Labute approximate surface area is 109 Å². The van der Waals surface area contributed by atoms with Crippen molar-refractivity contribution in [3.05, 3.63) is 0 Å². The summed E-state index contributed by atoms with van der Waals surface area (Å²) >= 11 is 0. The maximum Gasteiger partial charge on any atom is 0.258 e. The van der Waals surface area contributed by atoms with Crippen LogP contribution in [0, 0.1) is 0 Å². The Morgan fingerprint density at radius 1 is 1.33 bits per heavy atom. The Balaban J connectivity index is 2.20. The molecule has 0 atom stereocenters. The van der Waals surface area contributed by atoms with Crippen LogP contribution in [0.5, 0.6) is 0 Å². The molecule has 0 spiro atoms. The van der Waals surface area contributed by atoms with E-state index in [0.717, 1.165) is 17.3 Å². The molecule has 0 bridgehead atoms. The van der Waals surface area contributed by atoms with E-state index >= 15 is 0 Å². The fourth-order valence-corrected chi connectivity index (χ4v) is 3.26. The van der Waals surface area contributed by atoms with Crippen LogP contribution in [0.2, 0.25) is 0 Å². The molecule has 6 nitrogen and oxygen atoms in total. The molecule has 106 valence electrons. The predicted octanol–water partition coefficient (Wildman–Crippen LogP) is -0.0468. The van der Waals surface area contributed by atoms with Crippen molar-refractivity contribution >= 4 is 15.9 Å². The summed E-state index contributed by atoms with van der Waals surface area (Å²) in [7, 11) is -3.43. The molecular formula is C11H22N2O4S. The van der Waals surface area contributed by atoms with Crippen molar-refractivity contribution < 1.29 is 17.9 Å². The van der Waals surface area contributed by atoms with Crippen molar-refractivity contribution in [3.63, 3.8) is 0 Å². The number of hydrogen-bond donors (Lipinski definition) is 1. The average molecular weight is 278 g/mol. The number of rotatable bonds is 8. The SMILES string of the molecule is CCOCCCNCCN1C(=O)C(C)(C)S1(=O)=O. The largest absolute Gasteiger partial charge is 0.382 e. The molecule has 1 N–H and O–H groups in total. The first kappa shape index (κ1) is 15.4. The van der Waals surface area contributed by atoms with E-state index in [9.17, 15) is 13.2 Å². The normalized spacial score (nSPS) is 20.8. The van der Waals surface area contributed by atoms with Crippen LogP contribution in [0.25, 0.3) is 0 Å². The van der Waals surface area contributed by atoms with Crippen LogP contribution in [-0.2, 0) is 19.6 Å². The van der Waals surface area contributed by atoms with Gasteiger partial charge in [-0.15, -0.1) is 0 Å². The molecule has 0 aromatic heterocycles. The Bertz CT molecular complexity index is 392. The highest BCUT2D eigenvalue weighted by Gasteiger charge is 2.59. The molecule has 0 aromatic carbocycles. The van der Waals surface area contributed by atoms with Gasteiger partial charge in [0.05, 0.1) is 0 Å².